The molecule has 1 fully saturated rings. The van der Waals surface area contributed by atoms with Crippen LogP contribution in [0.4, 0.5) is 13.2 Å². The van der Waals surface area contributed by atoms with Crippen molar-refractivity contribution in [3.63, 3.8) is 0 Å². The van der Waals surface area contributed by atoms with E-state index in [1.165, 1.54) is 10.9 Å². The van der Waals surface area contributed by atoms with E-state index in [1.54, 1.807) is 0 Å². The molecule has 3 nitrogen and oxygen atoms in total. The van der Waals surface area contributed by atoms with Crippen molar-refractivity contribution in [1.29, 1.82) is 0 Å². The van der Waals surface area contributed by atoms with E-state index in [-0.39, 0.29) is 24.5 Å². The van der Waals surface area contributed by atoms with Crippen molar-refractivity contribution in [3.05, 3.63) is 18.0 Å². The molecule has 1 aromatic rings. The van der Waals surface area contributed by atoms with Gasteiger partial charge in [0.15, 0.2) is 5.69 Å². The summed E-state index contributed by atoms with van der Waals surface area (Å²) in [6.07, 6.45) is -0.609. The van der Waals surface area contributed by atoms with Crippen LogP contribution in [0.1, 0.15) is 31.0 Å². The molecular weight excluding hydrogens is 243 g/mol. The maximum atomic E-state index is 12.3. The summed E-state index contributed by atoms with van der Waals surface area (Å²) < 4.78 is 38.2. The van der Waals surface area contributed by atoms with Gasteiger partial charge in [-0.2, -0.15) is 18.3 Å². The van der Waals surface area contributed by atoms with Crippen LogP contribution in [0.15, 0.2) is 12.3 Å². The zero-order valence-corrected chi connectivity index (χ0v) is 9.26. The maximum absolute atomic E-state index is 12.3. The van der Waals surface area contributed by atoms with Crippen LogP contribution < -0.4 is 5.73 Å². The summed E-state index contributed by atoms with van der Waals surface area (Å²) in [4.78, 5) is 0. The topological polar surface area (TPSA) is 43.8 Å². The molecule has 0 bridgehead atoms. The van der Waals surface area contributed by atoms with Gasteiger partial charge in [0.2, 0.25) is 0 Å². The number of hydrogen-bond acceptors (Lipinski definition) is 2. The van der Waals surface area contributed by atoms with Gasteiger partial charge in [-0.1, -0.05) is 0 Å². The predicted octanol–water partition coefficient (Wildman–Crippen LogP) is 2.38. The minimum Gasteiger partial charge on any atom is -0.328 e. The van der Waals surface area contributed by atoms with Gasteiger partial charge in [-0.3, -0.25) is 4.68 Å². The summed E-state index contributed by atoms with van der Waals surface area (Å²) in [5, 5.41) is 3.53. The Labute approximate surface area is 97.2 Å². The van der Waals surface area contributed by atoms with E-state index in [0.29, 0.717) is 6.42 Å². The number of halogens is 4. The third-order valence-corrected chi connectivity index (χ3v) is 2.72. The maximum Gasteiger partial charge on any atom is 0.435 e. The number of aromatic nitrogens is 2. The lowest BCUT2D eigenvalue weighted by Crippen LogP contribution is -2.16. The molecule has 2 atom stereocenters. The zero-order valence-electron chi connectivity index (χ0n) is 8.44. The largest absolute Gasteiger partial charge is 0.435 e. The van der Waals surface area contributed by atoms with Gasteiger partial charge in [0.25, 0.3) is 0 Å². The molecule has 2 unspecified atom stereocenters. The second-order valence-corrected chi connectivity index (χ2v) is 3.91. The van der Waals surface area contributed by atoms with Crippen molar-refractivity contribution in [2.75, 3.05) is 0 Å². The fourth-order valence-electron chi connectivity index (χ4n) is 1.92. The summed E-state index contributed by atoms with van der Waals surface area (Å²) >= 11 is 0. The van der Waals surface area contributed by atoms with E-state index in [9.17, 15) is 13.2 Å². The molecule has 0 radical (unpaired) electrons. The molecule has 2 rings (SSSR count). The van der Waals surface area contributed by atoms with Crippen molar-refractivity contribution in [2.24, 2.45) is 5.73 Å². The lowest BCUT2D eigenvalue weighted by atomic mass is 10.2. The Morgan fingerprint density at radius 1 is 1.38 bits per heavy atom. The Balaban J connectivity index is 0.00000128. The molecule has 1 aromatic heterocycles. The van der Waals surface area contributed by atoms with E-state index in [1.807, 2.05) is 0 Å². The quantitative estimate of drug-likeness (QED) is 0.837. The number of nitrogens with zero attached hydrogens (tertiary/aromatic N) is 2. The van der Waals surface area contributed by atoms with Gasteiger partial charge in [-0.25, -0.2) is 0 Å². The van der Waals surface area contributed by atoms with Crippen molar-refractivity contribution >= 4 is 12.4 Å². The van der Waals surface area contributed by atoms with Gasteiger partial charge in [-0.15, -0.1) is 12.4 Å². The smallest absolute Gasteiger partial charge is 0.328 e. The molecule has 92 valence electrons. The lowest BCUT2D eigenvalue weighted by molar-refractivity contribution is -0.141. The Morgan fingerprint density at radius 2 is 2.06 bits per heavy atom. The fraction of sp³-hybridized carbons (Fsp3) is 0.667. The average Bonchev–Trinajstić information content (AvgIpc) is 2.69. The molecule has 0 amide bonds. The first-order valence-corrected chi connectivity index (χ1v) is 4.85. The molecule has 0 spiro atoms. The summed E-state index contributed by atoms with van der Waals surface area (Å²) in [6, 6.07) is 1.12. The van der Waals surface area contributed by atoms with E-state index in [4.69, 9.17) is 5.73 Å². The predicted molar refractivity (Wildman–Crippen MR) is 55.3 cm³/mol. The highest BCUT2D eigenvalue weighted by Crippen LogP contribution is 2.31. The number of alkyl halides is 3. The highest BCUT2D eigenvalue weighted by atomic mass is 35.5. The van der Waals surface area contributed by atoms with Crippen LogP contribution in [0.2, 0.25) is 0 Å². The Kier molecular flexibility index (Phi) is 3.85. The Hall–Kier alpha value is -0.750. The van der Waals surface area contributed by atoms with Crippen LogP contribution in [0.5, 0.6) is 0 Å². The molecule has 1 aliphatic carbocycles. The van der Waals surface area contributed by atoms with E-state index in [2.05, 4.69) is 5.10 Å². The van der Waals surface area contributed by atoms with Crippen molar-refractivity contribution < 1.29 is 13.2 Å². The van der Waals surface area contributed by atoms with Crippen LogP contribution in [-0.2, 0) is 6.18 Å². The Bertz CT molecular complexity index is 350. The molecule has 0 aromatic carbocycles. The molecule has 2 N–H and O–H groups in total. The first kappa shape index (κ1) is 13.3. The molecule has 0 aliphatic heterocycles. The standard InChI is InChI=1S/C9H12F3N3.ClH/c10-9(11,12)8-3-4-15(14-8)7-2-1-6(13)5-7;/h3-4,6-7H,1-2,5,13H2;1H. The van der Waals surface area contributed by atoms with Gasteiger partial charge in [0.1, 0.15) is 0 Å². The van der Waals surface area contributed by atoms with Crippen molar-refractivity contribution in [2.45, 2.75) is 37.5 Å². The van der Waals surface area contributed by atoms with E-state index >= 15 is 0 Å². The summed E-state index contributed by atoms with van der Waals surface area (Å²) in [5.41, 5.74) is 4.86. The summed E-state index contributed by atoms with van der Waals surface area (Å²) in [5.74, 6) is 0. The van der Waals surface area contributed by atoms with Gasteiger partial charge in [-0.05, 0) is 25.3 Å². The normalized spacial score (nSPS) is 25.5. The SMILES string of the molecule is Cl.NC1CCC(n2ccc(C(F)(F)F)n2)C1. The summed E-state index contributed by atoms with van der Waals surface area (Å²) in [7, 11) is 0. The number of hydrogen-bond donors (Lipinski definition) is 1. The van der Waals surface area contributed by atoms with Crippen molar-refractivity contribution in [3.8, 4) is 0 Å². The summed E-state index contributed by atoms with van der Waals surface area (Å²) in [6.45, 7) is 0. The second kappa shape index (κ2) is 4.63. The Morgan fingerprint density at radius 3 is 2.50 bits per heavy atom. The molecule has 0 saturated heterocycles. The highest BCUT2D eigenvalue weighted by Gasteiger charge is 2.34. The first-order chi connectivity index (χ1) is 6.97. The number of rotatable bonds is 1. The monoisotopic (exact) mass is 255 g/mol. The third-order valence-electron chi connectivity index (χ3n) is 2.72. The van der Waals surface area contributed by atoms with E-state index in [0.717, 1.165) is 18.9 Å². The van der Waals surface area contributed by atoms with Gasteiger partial charge in [0.05, 0.1) is 6.04 Å². The minimum atomic E-state index is -4.36. The fourth-order valence-corrected chi connectivity index (χ4v) is 1.92. The van der Waals surface area contributed by atoms with Crippen LogP contribution in [0.3, 0.4) is 0 Å². The molecule has 7 heteroatoms. The van der Waals surface area contributed by atoms with Crippen molar-refractivity contribution in [1.82, 2.24) is 9.78 Å². The highest BCUT2D eigenvalue weighted by molar-refractivity contribution is 5.85. The first-order valence-electron chi connectivity index (χ1n) is 4.85. The minimum absolute atomic E-state index is 0. The van der Waals surface area contributed by atoms with Crippen LogP contribution in [0, 0.1) is 0 Å². The number of nitrogens with two attached hydrogens (primary N) is 1. The molecule has 1 heterocycles. The van der Waals surface area contributed by atoms with E-state index < -0.39 is 11.9 Å². The molecule has 1 aliphatic rings. The average molecular weight is 256 g/mol. The zero-order chi connectivity index (χ0) is 11.1. The molecule has 16 heavy (non-hydrogen) atoms. The van der Waals surface area contributed by atoms with Gasteiger partial charge >= 0.3 is 6.18 Å². The molecular formula is C9H13ClF3N3. The lowest BCUT2D eigenvalue weighted by Gasteiger charge is -2.10. The van der Waals surface area contributed by atoms with Crippen LogP contribution in [-0.4, -0.2) is 15.8 Å². The third kappa shape index (κ3) is 2.68. The van der Waals surface area contributed by atoms with Crippen LogP contribution in [0.25, 0.3) is 0 Å². The second-order valence-electron chi connectivity index (χ2n) is 3.91. The van der Waals surface area contributed by atoms with Gasteiger partial charge in [0, 0.05) is 12.2 Å². The molecule has 1 saturated carbocycles. The van der Waals surface area contributed by atoms with Crippen LogP contribution >= 0.6 is 12.4 Å². The van der Waals surface area contributed by atoms with Gasteiger partial charge < -0.3 is 5.73 Å².